The second-order valence-electron chi connectivity index (χ2n) is 2.94. The van der Waals surface area contributed by atoms with Gasteiger partial charge in [-0.25, -0.2) is 0 Å². The van der Waals surface area contributed by atoms with Crippen LogP contribution in [-0.4, -0.2) is 31.1 Å². The number of esters is 1. The lowest BCUT2D eigenvalue weighted by molar-refractivity contribution is -0.135. The fourth-order valence-corrected chi connectivity index (χ4v) is 1.15. The zero-order valence-corrected chi connectivity index (χ0v) is 8.80. The van der Waals surface area contributed by atoms with Crippen LogP contribution in [0.1, 0.15) is 16.8 Å². The summed E-state index contributed by atoms with van der Waals surface area (Å²) in [5.74, 6) is -0.232. The van der Waals surface area contributed by atoms with Crippen molar-refractivity contribution in [2.45, 2.75) is 6.42 Å². The van der Waals surface area contributed by atoms with Gasteiger partial charge < -0.3 is 14.6 Å². The third-order valence-corrected chi connectivity index (χ3v) is 1.89. The molecule has 5 heteroatoms. The van der Waals surface area contributed by atoms with Gasteiger partial charge in [-0.3, -0.25) is 9.59 Å². The molecular formula is C11H12O5. The van der Waals surface area contributed by atoms with Crippen molar-refractivity contribution in [3.63, 3.8) is 0 Å². The summed E-state index contributed by atoms with van der Waals surface area (Å²) in [5.41, 5.74) is 0.227. The number of rotatable bonds is 5. The maximum Gasteiger partial charge on any atom is 0.313 e. The summed E-state index contributed by atoms with van der Waals surface area (Å²) in [5, 5.41) is 8.57. The SMILES string of the molecule is COc1cccc(C=O)c1OC(=O)CCO. The molecular weight excluding hydrogens is 212 g/mol. The number of carbonyl (C=O) groups excluding carboxylic acids is 2. The van der Waals surface area contributed by atoms with Crippen molar-refractivity contribution in [3.05, 3.63) is 23.8 Å². The molecule has 0 saturated carbocycles. The predicted molar refractivity (Wildman–Crippen MR) is 55.7 cm³/mol. The van der Waals surface area contributed by atoms with Gasteiger partial charge in [-0.2, -0.15) is 0 Å². The molecule has 1 aromatic carbocycles. The summed E-state index contributed by atoms with van der Waals surface area (Å²) >= 11 is 0. The van der Waals surface area contributed by atoms with Crippen LogP contribution in [0, 0.1) is 0 Å². The Morgan fingerprint density at radius 3 is 2.81 bits per heavy atom. The molecule has 86 valence electrons. The molecule has 0 amide bonds. The standard InChI is InChI=1S/C11H12O5/c1-15-9-4-2-3-8(7-13)11(9)16-10(14)5-6-12/h2-4,7,12H,5-6H2,1H3. The fourth-order valence-electron chi connectivity index (χ4n) is 1.15. The van der Waals surface area contributed by atoms with Gasteiger partial charge in [0.15, 0.2) is 17.8 Å². The van der Waals surface area contributed by atoms with Crippen molar-refractivity contribution in [1.82, 2.24) is 0 Å². The first-order valence-corrected chi connectivity index (χ1v) is 4.66. The van der Waals surface area contributed by atoms with Gasteiger partial charge in [-0.05, 0) is 12.1 Å². The highest BCUT2D eigenvalue weighted by Gasteiger charge is 2.13. The minimum atomic E-state index is -0.616. The third kappa shape index (κ3) is 2.80. The number of aliphatic hydroxyl groups is 1. The second kappa shape index (κ2) is 5.87. The number of benzene rings is 1. The molecule has 0 bridgehead atoms. The average Bonchev–Trinajstić information content (AvgIpc) is 2.29. The van der Waals surface area contributed by atoms with Gasteiger partial charge in [-0.15, -0.1) is 0 Å². The van der Waals surface area contributed by atoms with Crippen molar-refractivity contribution >= 4 is 12.3 Å². The Hall–Kier alpha value is -1.88. The van der Waals surface area contributed by atoms with E-state index in [2.05, 4.69) is 0 Å². The summed E-state index contributed by atoms with van der Waals surface area (Å²) in [6.45, 7) is -0.301. The van der Waals surface area contributed by atoms with Crippen LogP contribution < -0.4 is 9.47 Å². The molecule has 0 heterocycles. The van der Waals surface area contributed by atoms with E-state index < -0.39 is 5.97 Å². The molecule has 1 aromatic rings. The van der Waals surface area contributed by atoms with Crippen LogP contribution in [0.2, 0.25) is 0 Å². The summed E-state index contributed by atoms with van der Waals surface area (Å²) in [6, 6.07) is 4.71. The van der Waals surface area contributed by atoms with Gasteiger partial charge in [0, 0.05) is 0 Å². The Morgan fingerprint density at radius 1 is 1.50 bits per heavy atom. The van der Waals surface area contributed by atoms with Gasteiger partial charge in [0.05, 0.1) is 25.7 Å². The van der Waals surface area contributed by atoms with E-state index in [1.165, 1.54) is 13.2 Å². The average molecular weight is 224 g/mol. The second-order valence-corrected chi connectivity index (χ2v) is 2.94. The molecule has 0 fully saturated rings. The highest BCUT2D eigenvalue weighted by Crippen LogP contribution is 2.30. The van der Waals surface area contributed by atoms with Gasteiger partial charge in [0.2, 0.25) is 0 Å². The van der Waals surface area contributed by atoms with Crippen LogP contribution in [-0.2, 0) is 4.79 Å². The number of methoxy groups -OCH3 is 1. The largest absolute Gasteiger partial charge is 0.493 e. The number of aliphatic hydroxyl groups excluding tert-OH is 1. The van der Waals surface area contributed by atoms with Gasteiger partial charge >= 0.3 is 5.97 Å². The summed E-state index contributed by atoms with van der Waals surface area (Å²) in [4.78, 5) is 21.9. The van der Waals surface area contributed by atoms with Crippen LogP contribution in [0.25, 0.3) is 0 Å². The van der Waals surface area contributed by atoms with Gasteiger partial charge in [-0.1, -0.05) is 6.07 Å². The maximum atomic E-state index is 11.2. The highest BCUT2D eigenvalue weighted by atomic mass is 16.6. The van der Waals surface area contributed by atoms with Crippen LogP contribution in [0.4, 0.5) is 0 Å². The van der Waals surface area contributed by atoms with Crippen LogP contribution in [0.15, 0.2) is 18.2 Å². The molecule has 0 aliphatic carbocycles. The van der Waals surface area contributed by atoms with E-state index in [1.54, 1.807) is 12.1 Å². The lowest BCUT2D eigenvalue weighted by atomic mass is 10.2. The van der Waals surface area contributed by atoms with Crippen molar-refractivity contribution in [2.75, 3.05) is 13.7 Å². The molecule has 16 heavy (non-hydrogen) atoms. The first kappa shape index (κ1) is 12.2. The normalized spacial score (nSPS) is 9.62. The molecule has 5 nitrogen and oxygen atoms in total. The van der Waals surface area contributed by atoms with Gasteiger partial charge in [0.1, 0.15) is 0 Å². The Kier molecular flexibility index (Phi) is 4.47. The molecule has 0 aliphatic rings. The summed E-state index contributed by atoms with van der Waals surface area (Å²) in [7, 11) is 1.41. The molecule has 0 saturated heterocycles. The van der Waals surface area contributed by atoms with E-state index in [0.717, 1.165) is 0 Å². The first-order valence-electron chi connectivity index (χ1n) is 4.66. The Balaban J connectivity index is 2.99. The number of ether oxygens (including phenoxy) is 2. The molecule has 0 atom stereocenters. The van der Waals surface area contributed by atoms with Crippen molar-refractivity contribution in [1.29, 1.82) is 0 Å². The van der Waals surface area contributed by atoms with Gasteiger partial charge in [0.25, 0.3) is 0 Å². The van der Waals surface area contributed by atoms with Crippen molar-refractivity contribution < 1.29 is 24.2 Å². The number of hydrogen-bond acceptors (Lipinski definition) is 5. The van der Waals surface area contributed by atoms with E-state index in [9.17, 15) is 9.59 Å². The van der Waals surface area contributed by atoms with Crippen molar-refractivity contribution in [2.24, 2.45) is 0 Å². The predicted octanol–water partition coefficient (Wildman–Crippen LogP) is 0.795. The van der Waals surface area contributed by atoms with Crippen LogP contribution in [0.5, 0.6) is 11.5 Å². The van der Waals surface area contributed by atoms with E-state index in [-0.39, 0.29) is 24.3 Å². The number of aldehydes is 1. The Labute approximate surface area is 92.6 Å². The zero-order valence-electron chi connectivity index (χ0n) is 8.80. The molecule has 0 spiro atoms. The van der Waals surface area contributed by atoms with Crippen molar-refractivity contribution in [3.8, 4) is 11.5 Å². The smallest absolute Gasteiger partial charge is 0.313 e. The fraction of sp³-hybridized carbons (Fsp3) is 0.273. The molecule has 1 rings (SSSR count). The molecule has 1 N–H and O–H groups in total. The monoisotopic (exact) mass is 224 g/mol. The quantitative estimate of drug-likeness (QED) is 0.455. The lowest BCUT2D eigenvalue weighted by Gasteiger charge is -2.10. The number of hydrogen-bond donors (Lipinski definition) is 1. The number of carbonyl (C=O) groups is 2. The highest BCUT2D eigenvalue weighted by molar-refractivity contribution is 5.84. The minimum absolute atomic E-state index is 0.0819. The van der Waals surface area contributed by atoms with E-state index in [1.807, 2.05) is 0 Å². The third-order valence-electron chi connectivity index (χ3n) is 1.89. The molecule has 0 aromatic heterocycles. The first-order chi connectivity index (χ1) is 7.72. The number of para-hydroxylation sites is 1. The lowest BCUT2D eigenvalue weighted by Crippen LogP contribution is -2.11. The molecule has 0 aliphatic heterocycles. The minimum Gasteiger partial charge on any atom is -0.493 e. The summed E-state index contributed by atoms with van der Waals surface area (Å²) < 4.78 is 9.91. The Morgan fingerprint density at radius 2 is 2.25 bits per heavy atom. The van der Waals surface area contributed by atoms with E-state index in [0.29, 0.717) is 12.0 Å². The molecule has 0 radical (unpaired) electrons. The summed E-state index contributed by atoms with van der Waals surface area (Å²) in [6.07, 6.45) is 0.445. The van der Waals surface area contributed by atoms with Crippen LogP contribution in [0.3, 0.4) is 0 Å². The van der Waals surface area contributed by atoms with Crippen LogP contribution >= 0.6 is 0 Å². The topological polar surface area (TPSA) is 72.8 Å². The zero-order chi connectivity index (χ0) is 12.0. The Bertz CT molecular complexity index is 386. The van der Waals surface area contributed by atoms with E-state index >= 15 is 0 Å². The maximum absolute atomic E-state index is 11.2. The van der Waals surface area contributed by atoms with E-state index in [4.69, 9.17) is 14.6 Å². The molecule has 0 unspecified atom stereocenters.